The first-order chi connectivity index (χ1) is 12.1. The number of rotatable bonds is 3. The number of imidazole rings is 1. The topological polar surface area (TPSA) is 46.9 Å². The van der Waals surface area contributed by atoms with Crippen LogP contribution in [0.1, 0.15) is 41.6 Å². The number of aryl methyl sites for hydroxylation is 1. The van der Waals surface area contributed by atoms with E-state index < -0.39 is 0 Å². The third-order valence-corrected chi connectivity index (χ3v) is 5.34. The van der Waals surface area contributed by atoms with Crippen molar-refractivity contribution in [2.24, 2.45) is 0 Å². The summed E-state index contributed by atoms with van der Waals surface area (Å²) in [6.07, 6.45) is 6.33. The van der Waals surface area contributed by atoms with Crippen LogP contribution >= 0.6 is 11.6 Å². The first-order valence-corrected chi connectivity index (χ1v) is 9.04. The fraction of sp³-hybridized carbons (Fsp3) is 0.300. The van der Waals surface area contributed by atoms with Crippen molar-refractivity contribution >= 4 is 28.5 Å². The highest BCUT2D eigenvalue weighted by Gasteiger charge is 2.18. The molecule has 0 bridgehead atoms. The van der Waals surface area contributed by atoms with Crippen molar-refractivity contribution in [3.8, 4) is 5.69 Å². The molecular weight excluding hydrogens is 334 g/mol. The molecule has 128 valence electrons. The van der Waals surface area contributed by atoms with Crippen LogP contribution < -0.4 is 5.32 Å². The van der Waals surface area contributed by atoms with Crippen LogP contribution in [0.3, 0.4) is 0 Å². The average molecular weight is 354 g/mol. The zero-order valence-electron chi connectivity index (χ0n) is 14.1. The number of amides is 1. The molecule has 1 saturated carbocycles. The molecule has 1 amide bonds. The van der Waals surface area contributed by atoms with Gasteiger partial charge in [0.1, 0.15) is 6.33 Å². The van der Waals surface area contributed by atoms with E-state index >= 15 is 0 Å². The maximum atomic E-state index is 12.4. The Morgan fingerprint density at radius 1 is 1.20 bits per heavy atom. The van der Waals surface area contributed by atoms with E-state index in [2.05, 4.69) is 10.3 Å². The van der Waals surface area contributed by atoms with Crippen molar-refractivity contribution in [2.75, 3.05) is 0 Å². The lowest BCUT2D eigenvalue weighted by Gasteiger charge is -2.12. The predicted octanol–water partition coefficient (Wildman–Crippen LogP) is 4.66. The number of nitrogens with one attached hydrogen (secondary N) is 1. The number of carbonyl (C=O) groups is 1. The minimum atomic E-state index is -0.0123. The average Bonchev–Trinajstić information content (AvgIpc) is 3.26. The molecule has 0 unspecified atom stereocenters. The van der Waals surface area contributed by atoms with Gasteiger partial charge in [-0.1, -0.05) is 30.5 Å². The molecule has 0 radical (unpaired) electrons. The maximum Gasteiger partial charge on any atom is 0.251 e. The normalized spacial score (nSPS) is 15.0. The van der Waals surface area contributed by atoms with Crippen LogP contribution in [0.15, 0.2) is 42.7 Å². The van der Waals surface area contributed by atoms with Gasteiger partial charge in [0.25, 0.3) is 5.91 Å². The second-order valence-corrected chi connectivity index (χ2v) is 7.11. The minimum absolute atomic E-state index is 0.0123. The van der Waals surface area contributed by atoms with Crippen molar-refractivity contribution in [2.45, 2.75) is 38.6 Å². The van der Waals surface area contributed by atoms with Gasteiger partial charge >= 0.3 is 0 Å². The Morgan fingerprint density at radius 3 is 2.76 bits per heavy atom. The summed E-state index contributed by atoms with van der Waals surface area (Å²) in [5.74, 6) is -0.0123. The number of hydrogen-bond donors (Lipinski definition) is 1. The van der Waals surface area contributed by atoms with E-state index in [1.54, 1.807) is 6.33 Å². The van der Waals surface area contributed by atoms with E-state index in [0.29, 0.717) is 11.6 Å². The molecule has 25 heavy (non-hydrogen) atoms. The summed E-state index contributed by atoms with van der Waals surface area (Å²) >= 11 is 6.24. The number of hydrogen-bond acceptors (Lipinski definition) is 2. The van der Waals surface area contributed by atoms with Crippen molar-refractivity contribution in [1.82, 2.24) is 14.9 Å². The van der Waals surface area contributed by atoms with Gasteiger partial charge in [0.15, 0.2) is 0 Å². The summed E-state index contributed by atoms with van der Waals surface area (Å²) in [4.78, 5) is 16.9. The highest BCUT2D eigenvalue weighted by Crippen LogP contribution is 2.24. The summed E-state index contributed by atoms with van der Waals surface area (Å²) in [5, 5.41) is 3.85. The molecule has 1 aromatic heterocycles. The fourth-order valence-corrected chi connectivity index (χ4v) is 3.60. The molecule has 5 heteroatoms. The van der Waals surface area contributed by atoms with Crippen molar-refractivity contribution in [3.05, 3.63) is 58.9 Å². The van der Waals surface area contributed by atoms with Gasteiger partial charge in [0.2, 0.25) is 0 Å². The zero-order valence-corrected chi connectivity index (χ0v) is 14.9. The van der Waals surface area contributed by atoms with Crippen LogP contribution in [0.25, 0.3) is 16.7 Å². The standard InChI is InChI=1S/C20H20ClN3O/c1-13-6-8-16(11-17(13)21)24-12-22-18-10-14(7-9-19(18)24)20(25)23-15-4-2-3-5-15/h6-12,15H,2-5H2,1H3,(H,23,25). The molecule has 0 saturated heterocycles. The Bertz CT molecular complexity index is 941. The number of aromatic nitrogens is 2. The molecule has 4 nitrogen and oxygen atoms in total. The number of halogens is 1. The van der Waals surface area contributed by atoms with Crippen molar-refractivity contribution in [3.63, 3.8) is 0 Å². The number of nitrogens with zero attached hydrogens (tertiary/aromatic N) is 2. The van der Waals surface area contributed by atoms with Crippen LogP contribution in [0, 0.1) is 6.92 Å². The minimum Gasteiger partial charge on any atom is -0.349 e. The van der Waals surface area contributed by atoms with Gasteiger partial charge in [0.05, 0.1) is 11.0 Å². The Kier molecular flexibility index (Phi) is 4.22. The molecular formula is C20H20ClN3O. The van der Waals surface area contributed by atoms with Crippen LogP contribution in [0.5, 0.6) is 0 Å². The molecule has 1 fully saturated rings. The quantitative estimate of drug-likeness (QED) is 0.744. The lowest BCUT2D eigenvalue weighted by atomic mass is 10.1. The second kappa shape index (κ2) is 6.52. The van der Waals surface area contributed by atoms with Gasteiger partial charge in [0, 0.05) is 22.3 Å². The van der Waals surface area contributed by atoms with Crippen LogP contribution in [-0.2, 0) is 0 Å². The molecule has 1 N–H and O–H groups in total. The van der Waals surface area contributed by atoms with Gasteiger partial charge in [-0.25, -0.2) is 4.98 Å². The van der Waals surface area contributed by atoms with Crippen molar-refractivity contribution in [1.29, 1.82) is 0 Å². The largest absolute Gasteiger partial charge is 0.349 e. The smallest absolute Gasteiger partial charge is 0.251 e. The number of benzene rings is 2. The van der Waals surface area contributed by atoms with E-state index in [0.717, 1.165) is 40.1 Å². The summed E-state index contributed by atoms with van der Waals surface area (Å²) in [7, 11) is 0. The van der Waals surface area contributed by atoms with E-state index in [1.165, 1.54) is 12.8 Å². The molecule has 4 rings (SSSR count). The molecule has 2 aromatic carbocycles. The van der Waals surface area contributed by atoms with Crippen LogP contribution in [0.2, 0.25) is 5.02 Å². The molecule has 3 aromatic rings. The Morgan fingerprint density at radius 2 is 2.00 bits per heavy atom. The Labute approximate surface area is 151 Å². The number of carbonyl (C=O) groups excluding carboxylic acids is 1. The molecule has 0 atom stereocenters. The van der Waals surface area contributed by atoms with Gasteiger partial charge in [-0.3, -0.25) is 9.36 Å². The van der Waals surface area contributed by atoms with Gasteiger partial charge in [-0.15, -0.1) is 0 Å². The van der Waals surface area contributed by atoms with Gasteiger partial charge < -0.3 is 5.32 Å². The van der Waals surface area contributed by atoms with E-state index in [9.17, 15) is 4.79 Å². The summed E-state index contributed by atoms with van der Waals surface area (Å²) < 4.78 is 1.99. The molecule has 1 heterocycles. The lowest BCUT2D eigenvalue weighted by Crippen LogP contribution is -2.32. The van der Waals surface area contributed by atoms with Crippen molar-refractivity contribution < 1.29 is 4.79 Å². The summed E-state index contributed by atoms with van der Waals surface area (Å²) in [6, 6.07) is 11.9. The Hall–Kier alpha value is -2.33. The monoisotopic (exact) mass is 353 g/mol. The van der Waals surface area contributed by atoms with Crippen LogP contribution in [-0.4, -0.2) is 21.5 Å². The lowest BCUT2D eigenvalue weighted by molar-refractivity contribution is 0.0938. The molecule has 1 aliphatic rings. The highest BCUT2D eigenvalue weighted by molar-refractivity contribution is 6.31. The SMILES string of the molecule is Cc1ccc(-n2cnc3cc(C(=O)NC4CCCC4)ccc32)cc1Cl. The summed E-state index contributed by atoms with van der Waals surface area (Å²) in [5.41, 5.74) is 4.42. The third kappa shape index (κ3) is 3.14. The maximum absolute atomic E-state index is 12.4. The molecule has 0 aliphatic heterocycles. The predicted molar refractivity (Wildman–Crippen MR) is 101 cm³/mol. The summed E-state index contributed by atoms with van der Waals surface area (Å²) in [6.45, 7) is 1.98. The first-order valence-electron chi connectivity index (χ1n) is 8.66. The van der Waals surface area contributed by atoms with Crippen LogP contribution in [0.4, 0.5) is 0 Å². The van der Waals surface area contributed by atoms with E-state index in [1.807, 2.05) is 47.9 Å². The van der Waals surface area contributed by atoms with Gasteiger partial charge in [-0.2, -0.15) is 0 Å². The van der Waals surface area contributed by atoms with Gasteiger partial charge in [-0.05, 0) is 55.7 Å². The highest BCUT2D eigenvalue weighted by atomic mass is 35.5. The molecule has 0 spiro atoms. The third-order valence-electron chi connectivity index (χ3n) is 4.93. The second-order valence-electron chi connectivity index (χ2n) is 6.71. The number of fused-ring (bicyclic) bond motifs is 1. The first kappa shape index (κ1) is 16.2. The zero-order chi connectivity index (χ0) is 17.4. The van der Waals surface area contributed by atoms with E-state index in [-0.39, 0.29) is 5.91 Å². The Balaban J connectivity index is 1.64. The van der Waals surface area contributed by atoms with E-state index in [4.69, 9.17) is 11.6 Å². The fourth-order valence-electron chi connectivity index (χ4n) is 3.43. The molecule has 1 aliphatic carbocycles.